The first-order valence-corrected chi connectivity index (χ1v) is 4.01. The van der Waals surface area contributed by atoms with Crippen LogP contribution in [0.15, 0.2) is 17.1 Å². The summed E-state index contributed by atoms with van der Waals surface area (Å²) >= 11 is 0. The van der Waals surface area contributed by atoms with Gasteiger partial charge in [-0.05, 0) is 13.3 Å². The predicted molar refractivity (Wildman–Crippen MR) is 49.8 cm³/mol. The molecule has 0 unspecified atom stereocenters. The van der Waals surface area contributed by atoms with Crippen LogP contribution in [0.4, 0.5) is 0 Å². The van der Waals surface area contributed by atoms with Gasteiger partial charge in [0.05, 0.1) is 6.54 Å². The Morgan fingerprint density at radius 3 is 1.90 bits per heavy atom. The fourth-order valence-corrected chi connectivity index (χ4v) is 0.236. The highest BCUT2D eigenvalue weighted by Gasteiger charge is 1.76. The summed E-state index contributed by atoms with van der Waals surface area (Å²) < 4.78 is 0. The van der Waals surface area contributed by atoms with Crippen molar-refractivity contribution in [2.24, 2.45) is 4.99 Å². The Morgan fingerprint density at radius 1 is 1.50 bits per heavy atom. The Hall–Kier alpha value is -0.590. The van der Waals surface area contributed by atoms with Gasteiger partial charge in [0.1, 0.15) is 0 Å². The van der Waals surface area contributed by atoms with Crippen molar-refractivity contribution in [2.75, 3.05) is 6.54 Å². The monoisotopic (exact) mass is 141 g/mol. The van der Waals surface area contributed by atoms with Gasteiger partial charge in [0.15, 0.2) is 0 Å². The highest BCUT2D eigenvalue weighted by molar-refractivity contribution is 5.71. The molecule has 0 N–H and O–H groups in total. The Kier molecular flexibility index (Phi) is 19.1. The summed E-state index contributed by atoms with van der Waals surface area (Å²) in [6, 6.07) is 0. The SMILES string of the molecule is C/C=C\CC.C1=NC1.CC. The molecular formula is C9H19N. The van der Waals surface area contributed by atoms with Gasteiger partial charge in [-0.1, -0.05) is 32.9 Å². The third-order valence-corrected chi connectivity index (χ3v) is 0.654. The molecule has 60 valence electrons. The Bertz CT molecular complexity index is 78.7. The Morgan fingerprint density at radius 2 is 1.90 bits per heavy atom. The summed E-state index contributed by atoms with van der Waals surface area (Å²) in [7, 11) is 0. The second kappa shape index (κ2) is 15.8. The van der Waals surface area contributed by atoms with Gasteiger partial charge in [-0.25, -0.2) is 0 Å². The topological polar surface area (TPSA) is 12.4 Å². The maximum Gasteiger partial charge on any atom is 0.0734 e. The van der Waals surface area contributed by atoms with E-state index in [4.69, 9.17) is 0 Å². The number of hydrogen-bond donors (Lipinski definition) is 0. The molecule has 1 heterocycles. The van der Waals surface area contributed by atoms with E-state index in [-0.39, 0.29) is 0 Å². The quantitative estimate of drug-likeness (QED) is 0.498. The van der Waals surface area contributed by atoms with Gasteiger partial charge >= 0.3 is 0 Å². The molecule has 0 radical (unpaired) electrons. The molecule has 1 heteroatoms. The zero-order valence-corrected chi connectivity index (χ0v) is 7.59. The Labute approximate surface area is 64.9 Å². The van der Waals surface area contributed by atoms with E-state index in [1.807, 2.05) is 27.0 Å². The lowest BCUT2D eigenvalue weighted by molar-refractivity contribution is 1.22. The van der Waals surface area contributed by atoms with Crippen molar-refractivity contribution in [3.05, 3.63) is 12.2 Å². The van der Waals surface area contributed by atoms with E-state index >= 15 is 0 Å². The molecule has 0 fully saturated rings. The lowest BCUT2D eigenvalue weighted by Crippen LogP contribution is -1.43. The van der Waals surface area contributed by atoms with Crippen molar-refractivity contribution in [3.8, 4) is 0 Å². The van der Waals surface area contributed by atoms with Crippen LogP contribution < -0.4 is 0 Å². The minimum atomic E-state index is 1.00. The Balaban J connectivity index is 0. The molecule has 0 atom stereocenters. The molecule has 1 rings (SSSR count). The van der Waals surface area contributed by atoms with Crippen LogP contribution in [0.25, 0.3) is 0 Å². The molecule has 0 aliphatic carbocycles. The summed E-state index contributed by atoms with van der Waals surface area (Å²) in [5.74, 6) is 0. The second-order valence-electron chi connectivity index (χ2n) is 1.53. The van der Waals surface area contributed by atoms with Crippen molar-refractivity contribution >= 4 is 6.21 Å². The van der Waals surface area contributed by atoms with Gasteiger partial charge in [0, 0.05) is 6.21 Å². The number of allylic oxidation sites excluding steroid dienone is 2. The predicted octanol–water partition coefficient (Wildman–Crippen LogP) is 3.07. The molecule has 0 aromatic rings. The van der Waals surface area contributed by atoms with Crippen molar-refractivity contribution in [3.63, 3.8) is 0 Å². The normalized spacial score (nSPS) is 11.2. The molecule has 1 aliphatic rings. The summed E-state index contributed by atoms with van der Waals surface area (Å²) in [4.78, 5) is 3.62. The molecule has 10 heavy (non-hydrogen) atoms. The number of aliphatic imine (C=N–C) groups is 1. The van der Waals surface area contributed by atoms with Gasteiger partial charge < -0.3 is 0 Å². The van der Waals surface area contributed by atoms with Crippen LogP contribution in [0.1, 0.15) is 34.1 Å². The summed E-state index contributed by atoms with van der Waals surface area (Å²) in [5, 5.41) is 0. The minimum Gasteiger partial charge on any atom is -0.290 e. The van der Waals surface area contributed by atoms with Gasteiger partial charge in [0.2, 0.25) is 0 Å². The maximum absolute atomic E-state index is 3.62. The van der Waals surface area contributed by atoms with Crippen LogP contribution in [-0.2, 0) is 0 Å². The summed E-state index contributed by atoms with van der Waals surface area (Å²) in [6.07, 6.45) is 7.22. The lowest BCUT2D eigenvalue weighted by Gasteiger charge is -1.65. The van der Waals surface area contributed by atoms with E-state index in [0.29, 0.717) is 0 Å². The second-order valence-corrected chi connectivity index (χ2v) is 1.53. The van der Waals surface area contributed by atoms with Crippen LogP contribution >= 0.6 is 0 Å². The fraction of sp³-hybridized carbons (Fsp3) is 0.667. The molecule has 0 aromatic heterocycles. The first-order chi connectivity index (χ1) is 4.91. The average molecular weight is 141 g/mol. The number of hydrogen-bond acceptors (Lipinski definition) is 1. The van der Waals surface area contributed by atoms with E-state index in [2.05, 4.69) is 24.1 Å². The number of rotatable bonds is 1. The van der Waals surface area contributed by atoms with Gasteiger partial charge in [-0.2, -0.15) is 0 Å². The zero-order valence-electron chi connectivity index (χ0n) is 7.59. The van der Waals surface area contributed by atoms with E-state index < -0.39 is 0 Å². The van der Waals surface area contributed by atoms with Crippen molar-refractivity contribution < 1.29 is 0 Å². The highest BCUT2D eigenvalue weighted by Crippen LogP contribution is 1.73. The summed E-state index contributed by atoms with van der Waals surface area (Å²) in [6.45, 7) is 9.16. The molecule has 1 nitrogen and oxygen atoms in total. The van der Waals surface area contributed by atoms with E-state index in [0.717, 1.165) is 13.0 Å². The highest BCUT2D eigenvalue weighted by atomic mass is 14.8. The molecular weight excluding hydrogens is 122 g/mol. The first-order valence-electron chi connectivity index (χ1n) is 4.01. The average Bonchev–Trinajstić information content (AvgIpc) is 2.79. The summed E-state index contributed by atoms with van der Waals surface area (Å²) in [5.41, 5.74) is 0. The van der Waals surface area contributed by atoms with Crippen LogP contribution in [-0.4, -0.2) is 12.8 Å². The van der Waals surface area contributed by atoms with Crippen LogP contribution in [0, 0.1) is 0 Å². The molecule has 0 saturated heterocycles. The van der Waals surface area contributed by atoms with E-state index in [1.54, 1.807) is 0 Å². The van der Waals surface area contributed by atoms with Crippen LogP contribution in [0.5, 0.6) is 0 Å². The van der Waals surface area contributed by atoms with Crippen LogP contribution in [0.2, 0.25) is 0 Å². The van der Waals surface area contributed by atoms with E-state index in [9.17, 15) is 0 Å². The first kappa shape index (κ1) is 12.1. The molecule has 1 aliphatic heterocycles. The molecule has 0 bridgehead atoms. The van der Waals surface area contributed by atoms with Gasteiger partial charge in [-0.15, -0.1) is 0 Å². The van der Waals surface area contributed by atoms with Crippen molar-refractivity contribution in [1.29, 1.82) is 0 Å². The fourth-order valence-electron chi connectivity index (χ4n) is 0.236. The maximum atomic E-state index is 3.62. The van der Waals surface area contributed by atoms with E-state index in [1.165, 1.54) is 0 Å². The largest absolute Gasteiger partial charge is 0.290 e. The van der Waals surface area contributed by atoms with Crippen LogP contribution in [0.3, 0.4) is 0 Å². The standard InChI is InChI=1S/C5H10.C2H3N.C2H6/c1-3-5-4-2;1-2-3-1;1-2/h3,5H,4H2,1-2H3;1H,2H2;1-2H3/b5-3-;;. The third kappa shape index (κ3) is 52.4. The zero-order chi connectivity index (χ0) is 8.24. The van der Waals surface area contributed by atoms with Gasteiger partial charge in [-0.3, -0.25) is 4.99 Å². The van der Waals surface area contributed by atoms with Crippen molar-refractivity contribution in [2.45, 2.75) is 34.1 Å². The molecule has 0 spiro atoms. The smallest absolute Gasteiger partial charge is 0.0734 e. The lowest BCUT2D eigenvalue weighted by atomic mass is 10.4. The molecule has 0 amide bonds. The van der Waals surface area contributed by atoms with Crippen molar-refractivity contribution in [1.82, 2.24) is 0 Å². The number of nitrogens with zero attached hydrogens (tertiary/aromatic N) is 1. The third-order valence-electron chi connectivity index (χ3n) is 0.654. The molecule has 0 saturated carbocycles. The van der Waals surface area contributed by atoms with Gasteiger partial charge in [0.25, 0.3) is 0 Å². The molecule has 0 aromatic carbocycles. The minimum absolute atomic E-state index is 1.00.